The van der Waals surface area contributed by atoms with Crippen molar-refractivity contribution in [2.24, 2.45) is 5.92 Å². The molecule has 2 unspecified atom stereocenters. The monoisotopic (exact) mass is 257 g/mol. The third-order valence-electron chi connectivity index (χ3n) is 2.66. The number of rotatable bonds is 3. The fourth-order valence-electron chi connectivity index (χ4n) is 1.73. The predicted octanol–water partition coefficient (Wildman–Crippen LogP) is 0.235. The van der Waals surface area contributed by atoms with Gasteiger partial charge in [-0.2, -0.15) is 0 Å². The molecule has 2 amide bonds. The van der Waals surface area contributed by atoms with Gasteiger partial charge in [0.15, 0.2) is 0 Å². The summed E-state index contributed by atoms with van der Waals surface area (Å²) in [6.45, 7) is 9.03. The summed E-state index contributed by atoms with van der Waals surface area (Å²) >= 11 is 0. The van der Waals surface area contributed by atoms with Crippen LogP contribution in [0.2, 0.25) is 0 Å². The molecule has 1 rings (SSSR count). The third kappa shape index (κ3) is 5.35. The van der Waals surface area contributed by atoms with E-state index in [1.807, 2.05) is 0 Å². The van der Waals surface area contributed by atoms with Gasteiger partial charge in [0.05, 0.1) is 0 Å². The summed E-state index contributed by atoms with van der Waals surface area (Å²) in [5.74, 6) is 0.219. The Morgan fingerprint density at radius 2 is 2.00 bits per heavy atom. The lowest BCUT2D eigenvalue weighted by atomic mass is 10.1. The van der Waals surface area contributed by atoms with Gasteiger partial charge < -0.3 is 20.7 Å². The predicted molar refractivity (Wildman–Crippen MR) is 68.2 cm³/mol. The maximum atomic E-state index is 11.6. The van der Waals surface area contributed by atoms with E-state index in [1.54, 1.807) is 20.8 Å². The first-order valence-corrected chi connectivity index (χ1v) is 6.25. The first-order chi connectivity index (χ1) is 8.28. The topological polar surface area (TPSA) is 79.5 Å². The number of alkyl carbamates (subject to hydrolysis) is 1. The molecular formula is C12H23N3O3. The Morgan fingerprint density at radius 3 is 2.50 bits per heavy atom. The second-order valence-corrected chi connectivity index (χ2v) is 5.66. The molecule has 0 aromatic carbocycles. The number of nitrogens with one attached hydrogen (secondary N) is 3. The summed E-state index contributed by atoms with van der Waals surface area (Å²) < 4.78 is 5.04. The van der Waals surface area contributed by atoms with Gasteiger partial charge in [-0.05, 0) is 33.2 Å². The van der Waals surface area contributed by atoms with Crippen molar-refractivity contribution in [3.63, 3.8) is 0 Å². The highest BCUT2D eigenvalue weighted by molar-refractivity contribution is 5.82. The number of hydrogen-bond acceptors (Lipinski definition) is 4. The second kappa shape index (κ2) is 6.04. The van der Waals surface area contributed by atoms with Crippen molar-refractivity contribution in [3.05, 3.63) is 0 Å². The van der Waals surface area contributed by atoms with E-state index in [4.69, 9.17) is 4.74 Å². The van der Waals surface area contributed by atoms with Gasteiger partial charge in [0.1, 0.15) is 12.1 Å². The molecule has 0 aromatic rings. The van der Waals surface area contributed by atoms with Crippen LogP contribution in [0.15, 0.2) is 0 Å². The van der Waals surface area contributed by atoms with Gasteiger partial charge in [0.2, 0.25) is 5.91 Å². The minimum absolute atomic E-state index is 0.0574. The highest BCUT2D eigenvalue weighted by Gasteiger charge is 2.24. The summed E-state index contributed by atoms with van der Waals surface area (Å²) in [4.78, 5) is 22.9. The Kier molecular flexibility index (Phi) is 4.95. The van der Waals surface area contributed by atoms with Gasteiger partial charge in [-0.3, -0.25) is 4.79 Å². The average molecular weight is 257 g/mol. The van der Waals surface area contributed by atoms with Crippen LogP contribution in [0.25, 0.3) is 0 Å². The Balaban J connectivity index is 2.23. The highest BCUT2D eigenvalue weighted by Crippen LogP contribution is 2.07. The van der Waals surface area contributed by atoms with Crippen LogP contribution in [0, 0.1) is 5.92 Å². The Labute approximate surface area is 108 Å². The van der Waals surface area contributed by atoms with Gasteiger partial charge in [-0.25, -0.2) is 4.79 Å². The van der Waals surface area contributed by atoms with Crippen molar-refractivity contribution in [1.82, 2.24) is 16.0 Å². The van der Waals surface area contributed by atoms with E-state index in [0.717, 1.165) is 13.1 Å². The summed E-state index contributed by atoms with van der Waals surface area (Å²) in [5.41, 5.74) is -0.551. The van der Waals surface area contributed by atoms with Crippen LogP contribution in [0.4, 0.5) is 4.79 Å². The molecule has 6 heteroatoms. The molecule has 0 saturated carbocycles. The molecule has 1 fully saturated rings. The van der Waals surface area contributed by atoms with Gasteiger partial charge >= 0.3 is 6.09 Å². The highest BCUT2D eigenvalue weighted by atomic mass is 16.6. The molecule has 18 heavy (non-hydrogen) atoms. The number of ether oxygens (including phenoxy) is 1. The largest absolute Gasteiger partial charge is 0.444 e. The first-order valence-electron chi connectivity index (χ1n) is 6.25. The maximum absolute atomic E-state index is 11.6. The zero-order valence-corrected chi connectivity index (χ0v) is 11.5. The van der Waals surface area contributed by atoms with E-state index in [0.29, 0.717) is 5.92 Å². The van der Waals surface area contributed by atoms with Gasteiger partial charge in [-0.15, -0.1) is 0 Å². The molecule has 6 nitrogen and oxygen atoms in total. The lowest BCUT2D eigenvalue weighted by Crippen LogP contribution is -2.45. The van der Waals surface area contributed by atoms with E-state index in [9.17, 15) is 9.59 Å². The van der Waals surface area contributed by atoms with E-state index in [1.165, 1.54) is 0 Å². The molecule has 104 valence electrons. The standard InChI is InChI=1S/C12H23N3O3/c1-8-5-13-6-9(8)15-10(16)7-14-11(17)18-12(2,3)4/h8-9,13H,5-7H2,1-4H3,(H,14,17)(H,15,16). The van der Waals surface area contributed by atoms with Crippen molar-refractivity contribution >= 4 is 12.0 Å². The average Bonchev–Trinajstić information content (AvgIpc) is 2.59. The molecule has 3 N–H and O–H groups in total. The molecule has 0 aliphatic carbocycles. The van der Waals surface area contributed by atoms with Gasteiger partial charge in [0, 0.05) is 12.6 Å². The lowest BCUT2D eigenvalue weighted by Gasteiger charge is -2.20. The third-order valence-corrected chi connectivity index (χ3v) is 2.66. The number of hydrogen-bond donors (Lipinski definition) is 3. The normalized spacial score (nSPS) is 23.6. The summed E-state index contributed by atoms with van der Waals surface area (Å²) in [7, 11) is 0. The number of carbonyl (C=O) groups excluding carboxylic acids is 2. The summed E-state index contributed by atoms with van der Waals surface area (Å²) in [6, 6.07) is 0.137. The smallest absolute Gasteiger partial charge is 0.408 e. The van der Waals surface area contributed by atoms with Crippen LogP contribution in [0.5, 0.6) is 0 Å². The number of amides is 2. The fourth-order valence-corrected chi connectivity index (χ4v) is 1.73. The molecule has 0 bridgehead atoms. The van der Waals surface area contributed by atoms with E-state index in [-0.39, 0.29) is 18.5 Å². The molecule has 1 saturated heterocycles. The molecule has 2 atom stereocenters. The first kappa shape index (κ1) is 14.8. The van der Waals surface area contributed by atoms with Crippen molar-refractivity contribution in [3.8, 4) is 0 Å². The van der Waals surface area contributed by atoms with Gasteiger partial charge in [0.25, 0.3) is 0 Å². The molecule has 0 spiro atoms. The molecule has 1 heterocycles. The molecule has 1 aliphatic heterocycles. The van der Waals surface area contributed by atoms with E-state index >= 15 is 0 Å². The van der Waals surface area contributed by atoms with E-state index < -0.39 is 11.7 Å². The van der Waals surface area contributed by atoms with Gasteiger partial charge in [-0.1, -0.05) is 6.92 Å². The molecule has 0 radical (unpaired) electrons. The van der Waals surface area contributed by atoms with Crippen LogP contribution in [-0.2, 0) is 9.53 Å². The number of carbonyl (C=O) groups is 2. The van der Waals surface area contributed by atoms with Crippen molar-refractivity contribution in [1.29, 1.82) is 0 Å². The van der Waals surface area contributed by atoms with Crippen molar-refractivity contribution in [2.75, 3.05) is 19.6 Å². The molecule has 0 aromatic heterocycles. The van der Waals surface area contributed by atoms with Crippen LogP contribution in [0.3, 0.4) is 0 Å². The zero-order chi connectivity index (χ0) is 13.8. The zero-order valence-electron chi connectivity index (χ0n) is 11.5. The maximum Gasteiger partial charge on any atom is 0.408 e. The van der Waals surface area contributed by atoms with Crippen LogP contribution in [-0.4, -0.2) is 43.3 Å². The van der Waals surface area contributed by atoms with Crippen LogP contribution < -0.4 is 16.0 Å². The summed E-state index contributed by atoms with van der Waals surface area (Å²) in [6.07, 6.45) is -0.574. The SMILES string of the molecule is CC1CNCC1NC(=O)CNC(=O)OC(C)(C)C. The second-order valence-electron chi connectivity index (χ2n) is 5.66. The Bertz CT molecular complexity index is 312. The lowest BCUT2D eigenvalue weighted by molar-refractivity contribution is -0.121. The molecule has 1 aliphatic rings. The van der Waals surface area contributed by atoms with Crippen LogP contribution >= 0.6 is 0 Å². The van der Waals surface area contributed by atoms with E-state index in [2.05, 4.69) is 22.9 Å². The Morgan fingerprint density at radius 1 is 1.33 bits per heavy atom. The fraction of sp³-hybridized carbons (Fsp3) is 0.833. The quantitative estimate of drug-likeness (QED) is 0.676. The van der Waals surface area contributed by atoms with Crippen molar-refractivity contribution in [2.45, 2.75) is 39.3 Å². The van der Waals surface area contributed by atoms with Crippen LogP contribution in [0.1, 0.15) is 27.7 Å². The summed E-state index contributed by atoms with van der Waals surface area (Å²) in [5, 5.41) is 8.51. The van der Waals surface area contributed by atoms with Crippen molar-refractivity contribution < 1.29 is 14.3 Å². The minimum atomic E-state index is -0.574. The Hall–Kier alpha value is -1.30. The minimum Gasteiger partial charge on any atom is -0.444 e. The molecular weight excluding hydrogens is 234 g/mol.